The molecule has 0 fully saturated rings. The van der Waals surface area contributed by atoms with E-state index in [4.69, 9.17) is 5.73 Å². The molecule has 0 atom stereocenters. The minimum atomic E-state index is 0.318. The Morgan fingerprint density at radius 2 is 2.00 bits per heavy atom. The van der Waals surface area contributed by atoms with Crippen molar-refractivity contribution in [2.45, 2.75) is 19.8 Å². The maximum Gasteiger partial charge on any atom is 0.156 e. The first-order chi connectivity index (χ1) is 8.66. The van der Waals surface area contributed by atoms with E-state index in [9.17, 15) is 0 Å². The van der Waals surface area contributed by atoms with Crippen LogP contribution < -0.4 is 5.73 Å². The first-order valence-corrected chi connectivity index (χ1v) is 5.95. The topological polar surface area (TPSA) is 83.4 Å². The van der Waals surface area contributed by atoms with Gasteiger partial charge in [-0.3, -0.25) is 5.10 Å². The van der Waals surface area contributed by atoms with Crippen LogP contribution in [0.25, 0.3) is 22.4 Å². The molecule has 0 aliphatic heterocycles. The summed E-state index contributed by atoms with van der Waals surface area (Å²) < 4.78 is 0. The van der Waals surface area contributed by atoms with Crippen molar-refractivity contribution in [3.63, 3.8) is 0 Å². The minimum absolute atomic E-state index is 0.318. The largest absolute Gasteiger partial charge is 0.382 e. The molecule has 92 valence electrons. The Morgan fingerprint density at radius 1 is 1.22 bits per heavy atom. The van der Waals surface area contributed by atoms with Crippen molar-refractivity contribution < 1.29 is 0 Å². The summed E-state index contributed by atoms with van der Waals surface area (Å²) in [7, 11) is 0. The maximum absolute atomic E-state index is 5.93. The SMILES string of the molecule is CC(C)c1[nH]nc(N)c1-c1nc2ccccc2[nH]1. The Labute approximate surface area is 104 Å². The van der Waals surface area contributed by atoms with Crippen LogP contribution in [0.1, 0.15) is 25.5 Å². The van der Waals surface area contributed by atoms with Crippen molar-refractivity contribution in [3.8, 4) is 11.4 Å². The molecule has 4 N–H and O–H groups in total. The number of nitrogens with zero attached hydrogens (tertiary/aromatic N) is 2. The Kier molecular flexibility index (Phi) is 2.33. The number of benzene rings is 1. The van der Waals surface area contributed by atoms with Gasteiger partial charge in [0.2, 0.25) is 0 Å². The number of hydrogen-bond donors (Lipinski definition) is 3. The number of hydrogen-bond acceptors (Lipinski definition) is 3. The average Bonchev–Trinajstić information content (AvgIpc) is 2.91. The number of H-pyrrole nitrogens is 2. The van der Waals surface area contributed by atoms with Crippen molar-refractivity contribution in [2.24, 2.45) is 0 Å². The van der Waals surface area contributed by atoms with Gasteiger partial charge in [0.15, 0.2) is 5.82 Å². The molecule has 0 aliphatic rings. The van der Waals surface area contributed by atoms with Gasteiger partial charge in [-0.25, -0.2) is 4.98 Å². The minimum Gasteiger partial charge on any atom is -0.382 e. The highest BCUT2D eigenvalue weighted by molar-refractivity contribution is 5.82. The lowest BCUT2D eigenvalue weighted by molar-refractivity contribution is 0.811. The molecule has 0 amide bonds. The number of aromatic amines is 2. The van der Waals surface area contributed by atoms with Gasteiger partial charge in [0.05, 0.1) is 22.3 Å². The van der Waals surface area contributed by atoms with E-state index in [1.807, 2.05) is 24.3 Å². The van der Waals surface area contributed by atoms with Crippen molar-refractivity contribution in [1.82, 2.24) is 20.2 Å². The zero-order valence-corrected chi connectivity index (χ0v) is 10.4. The van der Waals surface area contributed by atoms with E-state index in [1.165, 1.54) is 0 Å². The second-order valence-electron chi connectivity index (χ2n) is 4.65. The van der Waals surface area contributed by atoms with Gasteiger partial charge in [-0.2, -0.15) is 5.10 Å². The van der Waals surface area contributed by atoms with Gasteiger partial charge in [-0.1, -0.05) is 26.0 Å². The fourth-order valence-electron chi connectivity index (χ4n) is 2.11. The molecule has 0 bridgehead atoms. The van der Waals surface area contributed by atoms with Gasteiger partial charge in [-0.15, -0.1) is 0 Å². The van der Waals surface area contributed by atoms with Crippen LogP contribution >= 0.6 is 0 Å². The second kappa shape index (κ2) is 3.87. The molecule has 5 heteroatoms. The molecule has 2 heterocycles. The normalized spacial score (nSPS) is 11.5. The molecule has 0 saturated heterocycles. The molecule has 0 spiro atoms. The summed E-state index contributed by atoms with van der Waals surface area (Å²) in [4.78, 5) is 7.85. The number of fused-ring (bicyclic) bond motifs is 1. The lowest BCUT2D eigenvalue weighted by atomic mass is 10.1. The second-order valence-corrected chi connectivity index (χ2v) is 4.65. The molecule has 18 heavy (non-hydrogen) atoms. The number of imidazole rings is 1. The van der Waals surface area contributed by atoms with Crippen LogP contribution in [0.2, 0.25) is 0 Å². The Balaban J connectivity index is 2.22. The molecule has 0 radical (unpaired) electrons. The van der Waals surface area contributed by atoms with Crippen LogP contribution in [0, 0.1) is 0 Å². The van der Waals surface area contributed by atoms with Crippen molar-refractivity contribution in [3.05, 3.63) is 30.0 Å². The Morgan fingerprint density at radius 3 is 2.72 bits per heavy atom. The summed E-state index contributed by atoms with van der Waals surface area (Å²) in [5.74, 6) is 1.57. The predicted octanol–water partition coefficient (Wildman–Crippen LogP) is 2.66. The number of aromatic nitrogens is 4. The van der Waals surface area contributed by atoms with Crippen LogP contribution in [0.4, 0.5) is 5.82 Å². The monoisotopic (exact) mass is 241 g/mol. The van der Waals surface area contributed by atoms with Crippen molar-refractivity contribution in [2.75, 3.05) is 5.73 Å². The van der Waals surface area contributed by atoms with Gasteiger partial charge >= 0.3 is 0 Å². The van der Waals surface area contributed by atoms with E-state index in [1.54, 1.807) is 0 Å². The third-order valence-corrected chi connectivity index (χ3v) is 3.03. The van der Waals surface area contributed by atoms with E-state index in [0.29, 0.717) is 11.7 Å². The quantitative estimate of drug-likeness (QED) is 0.645. The average molecular weight is 241 g/mol. The zero-order chi connectivity index (χ0) is 12.7. The maximum atomic E-state index is 5.93. The molecule has 3 aromatic rings. The van der Waals surface area contributed by atoms with E-state index in [2.05, 4.69) is 34.0 Å². The summed E-state index contributed by atoms with van der Waals surface area (Å²) in [5, 5.41) is 7.06. The molecule has 5 nitrogen and oxygen atoms in total. The number of anilines is 1. The molecule has 1 aromatic carbocycles. The van der Waals surface area contributed by atoms with E-state index >= 15 is 0 Å². The fourth-order valence-corrected chi connectivity index (χ4v) is 2.11. The molecule has 0 aliphatic carbocycles. The highest BCUT2D eigenvalue weighted by Crippen LogP contribution is 2.31. The number of nitrogens with one attached hydrogen (secondary N) is 2. The number of para-hydroxylation sites is 2. The van der Waals surface area contributed by atoms with Gasteiger partial charge in [-0.05, 0) is 18.1 Å². The van der Waals surface area contributed by atoms with E-state index in [-0.39, 0.29) is 0 Å². The first kappa shape index (κ1) is 10.8. The third-order valence-electron chi connectivity index (χ3n) is 3.03. The lowest BCUT2D eigenvalue weighted by Gasteiger charge is -2.03. The van der Waals surface area contributed by atoms with E-state index in [0.717, 1.165) is 28.1 Å². The van der Waals surface area contributed by atoms with Crippen molar-refractivity contribution >= 4 is 16.9 Å². The van der Waals surface area contributed by atoms with Gasteiger partial charge in [0.1, 0.15) is 5.82 Å². The number of nitrogens with two attached hydrogens (primary N) is 1. The van der Waals surface area contributed by atoms with Gasteiger partial charge in [0, 0.05) is 0 Å². The molecular formula is C13H15N5. The molecule has 0 unspecified atom stereocenters. The number of nitrogen functional groups attached to an aromatic ring is 1. The highest BCUT2D eigenvalue weighted by Gasteiger charge is 2.18. The molecule has 3 rings (SSSR count). The van der Waals surface area contributed by atoms with Crippen LogP contribution in [0.5, 0.6) is 0 Å². The molecule has 0 saturated carbocycles. The van der Waals surface area contributed by atoms with Crippen LogP contribution in [-0.4, -0.2) is 20.2 Å². The zero-order valence-electron chi connectivity index (χ0n) is 10.4. The lowest BCUT2D eigenvalue weighted by Crippen LogP contribution is -1.94. The predicted molar refractivity (Wildman–Crippen MR) is 72.2 cm³/mol. The number of rotatable bonds is 2. The summed E-state index contributed by atoms with van der Waals surface area (Å²) in [6.07, 6.45) is 0. The summed E-state index contributed by atoms with van der Waals surface area (Å²) in [5.41, 5.74) is 9.75. The third kappa shape index (κ3) is 1.55. The van der Waals surface area contributed by atoms with Crippen LogP contribution in [-0.2, 0) is 0 Å². The summed E-state index contributed by atoms with van der Waals surface area (Å²) >= 11 is 0. The molecule has 2 aromatic heterocycles. The summed E-state index contributed by atoms with van der Waals surface area (Å²) in [6.45, 7) is 4.19. The van der Waals surface area contributed by atoms with Crippen molar-refractivity contribution in [1.29, 1.82) is 0 Å². The smallest absolute Gasteiger partial charge is 0.156 e. The van der Waals surface area contributed by atoms with Gasteiger partial charge < -0.3 is 10.7 Å². The summed E-state index contributed by atoms with van der Waals surface area (Å²) in [6, 6.07) is 7.92. The standard InChI is InChI=1S/C13H15N5/c1-7(2)11-10(12(14)18-17-11)13-15-8-5-3-4-6-9(8)16-13/h3-7H,1-2H3,(H,15,16)(H3,14,17,18). The fraction of sp³-hybridized carbons (Fsp3) is 0.231. The highest BCUT2D eigenvalue weighted by atomic mass is 15.2. The van der Waals surface area contributed by atoms with Gasteiger partial charge in [0.25, 0.3) is 0 Å². The Hall–Kier alpha value is -2.30. The van der Waals surface area contributed by atoms with Crippen LogP contribution in [0.15, 0.2) is 24.3 Å². The van der Waals surface area contributed by atoms with E-state index < -0.39 is 0 Å². The van der Waals surface area contributed by atoms with Crippen LogP contribution in [0.3, 0.4) is 0 Å². The molecular weight excluding hydrogens is 226 g/mol. The first-order valence-electron chi connectivity index (χ1n) is 5.95. The Bertz CT molecular complexity index is 659.